The summed E-state index contributed by atoms with van der Waals surface area (Å²) in [5, 5.41) is 21.4. The van der Waals surface area contributed by atoms with E-state index in [0.717, 1.165) is 65.8 Å². The molecule has 1 aromatic heterocycles. The molecule has 4 aromatic rings. The summed E-state index contributed by atoms with van der Waals surface area (Å²) in [6.07, 6.45) is 4.97. The van der Waals surface area contributed by atoms with Crippen LogP contribution in [0.3, 0.4) is 0 Å². The Labute approximate surface area is 233 Å². The van der Waals surface area contributed by atoms with Gasteiger partial charge in [-0.15, -0.1) is 0 Å². The molecule has 8 nitrogen and oxygen atoms in total. The largest absolute Gasteiger partial charge is 0.481 e. The lowest BCUT2D eigenvalue weighted by molar-refractivity contribution is -0.137. The zero-order chi connectivity index (χ0) is 28.6. The van der Waals surface area contributed by atoms with Gasteiger partial charge in [0.25, 0.3) is 5.91 Å². The van der Waals surface area contributed by atoms with Crippen LogP contribution in [0, 0.1) is 6.92 Å². The van der Waals surface area contributed by atoms with E-state index in [-0.39, 0.29) is 17.9 Å². The van der Waals surface area contributed by atoms with Crippen LogP contribution < -0.4 is 5.32 Å². The maximum Gasteiger partial charge on any atom is 0.336 e. The Kier molecular flexibility index (Phi) is 9.32. The maximum atomic E-state index is 12.9. The van der Waals surface area contributed by atoms with E-state index in [1.54, 1.807) is 18.2 Å². The second-order valence-electron chi connectivity index (χ2n) is 9.98. The smallest absolute Gasteiger partial charge is 0.336 e. The lowest BCUT2D eigenvalue weighted by Gasteiger charge is -2.14. The van der Waals surface area contributed by atoms with Crippen molar-refractivity contribution in [2.45, 2.75) is 58.8 Å². The highest BCUT2D eigenvalue weighted by molar-refractivity contribution is 5.98. The molecule has 0 fully saturated rings. The van der Waals surface area contributed by atoms with Gasteiger partial charge in [-0.1, -0.05) is 44.0 Å². The normalized spacial score (nSPS) is 11.1. The summed E-state index contributed by atoms with van der Waals surface area (Å²) in [7, 11) is 0. The third-order valence-corrected chi connectivity index (χ3v) is 7.01. The number of hydrogen-bond donors (Lipinski definition) is 3. The Morgan fingerprint density at radius 1 is 0.900 bits per heavy atom. The first-order valence-corrected chi connectivity index (χ1v) is 13.7. The summed E-state index contributed by atoms with van der Waals surface area (Å²) >= 11 is 0. The van der Waals surface area contributed by atoms with Crippen molar-refractivity contribution in [3.8, 4) is 16.8 Å². The van der Waals surface area contributed by atoms with Gasteiger partial charge in [0, 0.05) is 30.6 Å². The number of carbonyl (C=O) groups is 3. The summed E-state index contributed by atoms with van der Waals surface area (Å²) < 4.78 is 2.09. The molecule has 0 aliphatic heterocycles. The van der Waals surface area contributed by atoms with E-state index in [1.165, 1.54) is 0 Å². The molecule has 40 heavy (non-hydrogen) atoms. The van der Waals surface area contributed by atoms with Gasteiger partial charge in [-0.2, -0.15) is 0 Å². The van der Waals surface area contributed by atoms with Gasteiger partial charge in [0.15, 0.2) is 0 Å². The number of aliphatic carboxylic acids is 1. The number of carbonyl (C=O) groups excluding carboxylic acids is 1. The second-order valence-corrected chi connectivity index (χ2v) is 9.98. The summed E-state index contributed by atoms with van der Waals surface area (Å²) in [6.45, 7) is 4.59. The molecule has 3 aromatic carbocycles. The fourth-order valence-corrected chi connectivity index (χ4v) is 4.93. The molecule has 0 saturated carbocycles. The van der Waals surface area contributed by atoms with Gasteiger partial charge >= 0.3 is 11.9 Å². The number of aromatic carboxylic acids is 1. The fourth-order valence-electron chi connectivity index (χ4n) is 4.93. The van der Waals surface area contributed by atoms with Crippen LogP contribution >= 0.6 is 0 Å². The van der Waals surface area contributed by atoms with E-state index in [1.807, 2.05) is 49.4 Å². The number of aromatic nitrogens is 2. The monoisotopic (exact) mass is 541 g/mol. The molecular formula is C32H35N3O5. The van der Waals surface area contributed by atoms with Gasteiger partial charge in [0.1, 0.15) is 5.82 Å². The van der Waals surface area contributed by atoms with E-state index >= 15 is 0 Å². The van der Waals surface area contributed by atoms with Crippen molar-refractivity contribution in [1.29, 1.82) is 0 Å². The molecular weight excluding hydrogens is 506 g/mol. The maximum absolute atomic E-state index is 12.9. The van der Waals surface area contributed by atoms with Gasteiger partial charge < -0.3 is 15.5 Å². The highest BCUT2D eigenvalue weighted by Gasteiger charge is 2.17. The summed E-state index contributed by atoms with van der Waals surface area (Å²) in [4.78, 5) is 40.3. The minimum Gasteiger partial charge on any atom is -0.481 e. The third kappa shape index (κ3) is 6.57. The SMILES string of the molecule is CCCCc1nc2ccc(C(=O)NCCCCCC(=O)O)cc2n1-c1ccc(-c2ccccc2C(=O)O)c(C)c1. The van der Waals surface area contributed by atoms with Crippen LogP contribution in [0.15, 0.2) is 60.7 Å². The van der Waals surface area contributed by atoms with Gasteiger partial charge in [-0.25, -0.2) is 9.78 Å². The van der Waals surface area contributed by atoms with Crippen LogP contribution in [0.5, 0.6) is 0 Å². The van der Waals surface area contributed by atoms with E-state index in [9.17, 15) is 19.5 Å². The molecule has 4 rings (SSSR count). The van der Waals surface area contributed by atoms with E-state index in [2.05, 4.69) is 16.8 Å². The molecule has 1 amide bonds. The number of nitrogens with one attached hydrogen (secondary N) is 1. The third-order valence-electron chi connectivity index (χ3n) is 7.01. The van der Waals surface area contributed by atoms with Crippen molar-refractivity contribution < 1.29 is 24.6 Å². The standard InChI is InChI=1S/C32H35N3O5/c1-3-4-12-29-34-27-17-14-22(31(38)33-18-9-5-6-13-30(36)37)20-28(27)35(29)23-15-16-24(21(2)19-23)25-10-7-8-11-26(25)32(39)40/h7-8,10-11,14-17,19-20H,3-6,9,12-13,18H2,1-2H3,(H,33,38)(H,36,37)(H,39,40). The van der Waals surface area contributed by atoms with Crippen LogP contribution in [0.25, 0.3) is 27.8 Å². The number of amides is 1. The quantitative estimate of drug-likeness (QED) is 0.168. The molecule has 0 radical (unpaired) electrons. The molecule has 0 bridgehead atoms. The van der Waals surface area contributed by atoms with Crippen molar-refractivity contribution in [3.63, 3.8) is 0 Å². The molecule has 0 aliphatic carbocycles. The average molecular weight is 542 g/mol. The number of aryl methyl sites for hydroxylation is 2. The summed E-state index contributed by atoms with van der Waals surface area (Å²) in [5.41, 5.74) is 5.78. The zero-order valence-electron chi connectivity index (χ0n) is 22.9. The lowest BCUT2D eigenvalue weighted by Crippen LogP contribution is -2.24. The Balaban J connectivity index is 1.65. The molecule has 3 N–H and O–H groups in total. The Hall–Kier alpha value is -4.46. The number of carboxylic acid groups (broad SMARTS) is 2. The van der Waals surface area contributed by atoms with Crippen molar-refractivity contribution in [1.82, 2.24) is 14.9 Å². The molecule has 208 valence electrons. The Morgan fingerprint density at radius 2 is 1.70 bits per heavy atom. The van der Waals surface area contributed by atoms with Crippen LogP contribution in [0.2, 0.25) is 0 Å². The number of hydrogen-bond acceptors (Lipinski definition) is 4. The van der Waals surface area contributed by atoms with Crippen LogP contribution in [-0.2, 0) is 11.2 Å². The average Bonchev–Trinajstić information content (AvgIpc) is 3.30. The van der Waals surface area contributed by atoms with E-state index < -0.39 is 11.9 Å². The highest BCUT2D eigenvalue weighted by Crippen LogP contribution is 2.31. The fraction of sp³-hybridized carbons (Fsp3) is 0.312. The first-order valence-electron chi connectivity index (χ1n) is 13.7. The molecule has 0 spiro atoms. The van der Waals surface area contributed by atoms with Crippen molar-refractivity contribution in [3.05, 3.63) is 83.2 Å². The van der Waals surface area contributed by atoms with Crippen molar-refractivity contribution in [2.75, 3.05) is 6.54 Å². The lowest BCUT2D eigenvalue weighted by atomic mass is 9.95. The van der Waals surface area contributed by atoms with Crippen molar-refractivity contribution in [2.24, 2.45) is 0 Å². The number of fused-ring (bicyclic) bond motifs is 1. The minimum absolute atomic E-state index is 0.140. The number of carboxylic acids is 2. The van der Waals surface area contributed by atoms with Gasteiger partial charge in [-0.3, -0.25) is 14.2 Å². The van der Waals surface area contributed by atoms with Crippen LogP contribution in [0.1, 0.15) is 77.6 Å². The number of rotatable bonds is 13. The number of imidazole rings is 1. The summed E-state index contributed by atoms with van der Waals surface area (Å²) in [5.74, 6) is -1.04. The van der Waals surface area contributed by atoms with E-state index in [4.69, 9.17) is 10.1 Å². The molecule has 0 atom stereocenters. The molecule has 1 heterocycles. The highest BCUT2D eigenvalue weighted by atomic mass is 16.4. The predicted octanol–water partition coefficient (Wildman–Crippen LogP) is 6.42. The van der Waals surface area contributed by atoms with Gasteiger partial charge in [-0.05, 0) is 79.3 Å². The minimum atomic E-state index is -0.965. The second kappa shape index (κ2) is 13.1. The van der Waals surface area contributed by atoms with Gasteiger partial charge in [0.05, 0.1) is 16.6 Å². The molecule has 0 aliphatic rings. The first kappa shape index (κ1) is 28.5. The Bertz CT molecular complexity index is 1540. The number of unbranched alkanes of at least 4 members (excludes halogenated alkanes) is 3. The topological polar surface area (TPSA) is 122 Å². The Morgan fingerprint density at radius 3 is 2.42 bits per heavy atom. The molecule has 0 unspecified atom stereocenters. The number of nitrogens with zero attached hydrogens (tertiary/aromatic N) is 2. The van der Waals surface area contributed by atoms with Crippen LogP contribution in [-0.4, -0.2) is 44.2 Å². The van der Waals surface area contributed by atoms with Crippen molar-refractivity contribution >= 4 is 28.9 Å². The molecule has 8 heteroatoms. The predicted molar refractivity (Wildman–Crippen MR) is 155 cm³/mol. The number of benzene rings is 3. The first-order chi connectivity index (χ1) is 19.3. The molecule has 0 saturated heterocycles. The summed E-state index contributed by atoms with van der Waals surface area (Å²) in [6, 6.07) is 18.5. The van der Waals surface area contributed by atoms with Crippen LogP contribution in [0.4, 0.5) is 0 Å². The van der Waals surface area contributed by atoms with E-state index in [0.29, 0.717) is 24.1 Å². The zero-order valence-corrected chi connectivity index (χ0v) is 22.9. The van der Waals surface area contributed by atoms with Gasteiger partial charge in [0.2, 0.25) is 0 Å².